The molecule has 0 fully saturated rings. The summed E-state index contributed by atoms with van der Waals surface area (Å²) in [6.45, 7) is 0. The van der Waals surface area contributed by atoms with E-state index in [0.717, 1.165) is 0 Å². The molecule has 0 bridgehead atoms. The molecule has 0 saturated carbocycles. The Kier molecular flexibility index (Phi) is 2.85. The normalized spacial score (nSPS) is 9.90. The van der Waals surface area contributed by atoms with Crippen LogP contribution in [0, 0.1) is 9.52 Å². The van der Waals surface area contributed by atoms with Crippen LogP contribution in [-0.2, 0) is 5.88 Å². The fourth-order valence-electron chi connectivity index (χ4n) is 0.529. The van der Waals surface area contributed by atoms with Gasteiger partial charge >= 0.3 is 0 Å². The number of hydrogen-bond acceptors (Lipinski definition) is 1. The van der Waals surface area contributed by atoms with Gasteiger partial charge in [-0.15, -0.1) is 11.6 Å². The van der Waals surface area contributed by atoms with Gasteiger partial charge in [0.05, 0.1) is 11.6 Å². The van der Waals surface area contributed by atoms with Gasteiger partial charge in [-0.2, -0.15) is 0 Å². The van der Waals surface area contributed by atoms with Crippen molar-refractivity contribution in [3.8, 4) is 0 Å². The van der Waals surface area contributed by atoms with E-state index in [1.54, 1.807) is 6.07 Å². The molecule has 0 unspecified atom stereocenters. The maximum atomic E-state index is 12.5. The van der Waals surface area contributed by atoms with E-state index >= 15 is 0 Å². The molecule has 1 aromatic heterocycles. The minimum atomic E-state index is -0.297. The summed E-state index contributed by atoms with van der Waals surface area (Å²) in [5.74, 6) is 0.0329. The largest absolute Gasteiger partial charge is 0.243 e. The Hall–Kier alpha value is 0.1000. The monoisotopic (exact) mass is 271 g/mol. The van der Waals surface area contributed by atoms with Crippen LogP contribution in [0.4, 0.5) is 4.39 Å². The minimum Gasteiger partial charge on any atom is -0.243 e. The topological polar surface area (TPSA) is 12.9 Å². The van der Waals surface area contributed by atoms with Gasteiger partial charge in [-0.3, -0.25) is 0 Å². The Balaban J connectivity index is 3.04. The van der Waals surface area contributed by atoms with Crippen molar-refractivity contribution in [1.82, 2.24) is 4.98 Å². The van der Waals surface area contributed by atoms with Gasteiger partial charge in [0.15, 0.2) is 5.82 Å². The fourth-order valence-corrected chi connectivity index (χ4v) is 1.17. The quantitative estimate of drug-likeness (QED) is 0.435. The fraction of sp³-hybridized carbons (Fsp3) is 0.167. The molecule has 1 aromatic rings. The van der Waals surface area contributed by atoms with E-state index in [1.165, 1.54) is 6.07 Å². The van der Waals surface area contributed by atoms with Gasteiger partial charge in [0, 0.05) is 0 Å². The second-order valence-corrected chi connectivity index (χ2v) is 3.00. The van der Waals surface area contributed by atoms with Crippen LogP contribution >= 0.6 is 34.2 Å². The molecule has 0 aliphatic heterocycles. The molecule has 0 radical (unpaired) electrons. The third-order valence-corrected chi connectivity index (χ3v) is 2.03. The number of nitrogens with zero attached hydrogens (tertiary/aromatic N) is 1. The lowest BCUT2D eigenvalue weighted by atomic mass is 10.4. The van der Waals surface area contributed by atoms with Gasteiger partial charge in [0.2, 0.25) is 0 Å². The van der Waals surface area contributed by atoms with E-state index in [1.807, 2.05) is 22.6 Å². The third kappa shape index (κ3) is 1.79. The van der Waals surface area contributed by atoms with Crippen LogP contribution in [0.5, 0.6) is 0 Å². The van der Waals surface area contributed by atoms with Crippen molar-refractivity contribution in [2.75, 3.05) is 0 Å². The first kappa shape index (κ1) is 8.20. The lowest BCUT2D eigenvalue weighted by molar-refractivity contribution is 0.610. The maximum Gasteiger partial charge on any atom is 0.155 e. The van der Waals surface area contributed by atoms with Crippen LogP contribution in [0.3, 0.4) is 0 Å². The standard InChI is InChI=1S/C6H4ClFIN/c7-3-4-1-2-5(8)6(9)10-4/h1-2H,3H2. The van der Waals surface area contributed by atoms with Crippen molar-refractivity contribution in [3.05, 3.63) is 27.3 Å². The van der Waals surface area contributed by atoms with Crippen LogP contribution < -0.4 is 0 Å². The second-order valence-electron chi connectivity index (χ2n) is 1.71. The molecule has 0 aliphatic carbocycles. The summed E-state index contributed by atoms with van der Waals surface area (Å²) in [5.41, 5.74) is 0.701. The number of hydrogen-bond donors (Lipinski definition) is 0. The van der Waals surface area contributed by atoms with Gasteiger partial charge < -0.3 is 0 Å². The Morgan fingerprint density at radius 3 is 2.80 bits per heavy atom. The Morgan fingerprint density at radius 2 is 2.30 bits per heavy atom. The average molecular weight is 271 g/mol. The predicted octanol–water partition coefficient (Wildman–Crippen LogP) is 2.56. The number of halogens is 3. The molecule has 0 atom stereocenters. The summed E-state index contributed by atoms with van der Waals surface area (Å²) in [4.78, 5) is 3.87. The van der Waals surface area contributed by atoms with Gasteiger partial charge in [-0.1, -0.05) is 0 Å². The highest BCUT2D eigenvalue weighted by Gasteiger charge is 1.99. The molecule has 0 aromatic carbocycles. The molecule has 0 saturated heterocycles. The first-order valence-corrected chi connectivity index (χ1v) is 4.22. The first-order valence-electron chi connectivity index (χ1n) is 2.61. The highest BCUT2D eigenvalue weighted by molar-refractivity contribution is 14.1. The molecular formula is C6H4ClFIN. The molecule has 0 spiro atoms. The summed E-state index contributed by atoms with van der Waals surface area (Å²) in [7, 11) is 0. The molecule has 1 nitrogen and oxygen atoms in total. The van der Waals surface area contributed by atoms with Crippen molar-refractivity contribution in [3.63, 3.8) is 0 Å². The van der Waals surface area contributed by atoms with E-state index in [-0.39, 0.29) is 5.82 Å². The summed E-state index contributed by atoms with van der Waals surface area (Å²) in [6.07, 6.45) is 0. The maximum absolute atomic E-state index is 12.5. The molecule has 54 valence electrons. The molecule has 0 aliphatic rings. The Bertz CT molecular complexity index is 241. The van der Waals surface area contributed by atoms with E-state index in [9.17, 15) is 4.39 Å². The zero-order chi connectivity index (χ0) is 7.56. The molecule has 0 amide bonds. The molecule has 10 heavy (non-hydrogen) atoms. The zero-order valence-corrected chi connectivity index (χ0v) is 7.86. The smallest absolute Gasteiger partial charge is 0.155 e. The van der Waals surface area contributed by atoms with Crippen LogP contribution in [0.25, 0.3) is 0 Å². The van der Waals surface area contributed by atoms with E-state index in [4.69, 9.17) is 11.6 Å². The minimum absolute atomic E-state index is 0.297. The summed E-state index contributed by atoms with van der Waals surface area (Å²) >= 11 is 7.29. The summed E-state index contributed by atoms with van der Waals surface area (Å²) in [5, 5.41) is 0. The van der Waals surface area contributed by atoms with Gasteiger partial charge in [-0.05, 0) is 34.7 Å². The van der Waals surface area contributed by atoms with E-state index in [0.29, 0.717) is 15.3 Å². The number of alkyl halides is 1. The highest BCUT2D eigenvalue weighted by atomic mass is 127. The molecular weight excluding hydrogens is 267 g/mol. The first-order chi connectivity index (χ1) is 4.74. The molecule has 0 N–H and O–H groups in total. The van der Waals surface area contributed by atoms with Gasteiger partial charge in [-0.25, -0.2) is 9.37 Å². The van der Waals surface area contributed by atoms with Gasteiger partial charge in [0.1, 0.15) is 3.70 Å². The van der Waals surface area contributed by atoms with Crippen LogP contribution in [-0.4, -0.2) is 4.98 Å². The summed E-state index contributed by atoms with van der Waals surface area (Å²) < 4.78 is 12.9. The zero-order valence-electron chi connectivity index (χ0n) is 4.94. The predicted molar refractivity (Wildman–Crippen MR) is 46.5 cm³/mol. The molecule has 4 heteroatoms. The van der Waals surface area contributed by atoms with E-state index in [2.05, 4.69) is 4.98 Å². The van der Waals surface area contributed by atoms with Crippen molar-refractivity contribution < 1.29 is 4.39 Å². The average Bonchev–Trinajstić information content (AvgIpc) is 1.95. The van der Waals surface area contributed by atoms with Crippen molar-refractivity contribution >= 4 is 34.2 Å². The Labute approximate surface area is 76.7 Å². The van der Waals surface area contributed by atoms with Crippen molar-refractivity contribution in [1.29, 1.82) is 0 Å². The summed E-state index contributed by atoms with van der Waals surface area (Å²) in [6, 6.07) is 2.94. The second kappa shape index (κ2) is 3.48. The number of rotatable bonds is 1. The van der Waals surface area contributed by atoms with Crippen LogP contribution in [0.15, 0.2) is 12.1 Å². The molecule has 1 heterocycles. The SMILES string of the molecule is Fc1ccc(CCl)nc1I. The van der Waals surface area contributed by atoms with Crippen molar-refractivity contribution in [2.24, 2.45) is 0 Å². The number of aromatic nitrogens is 1. The Morgan fingerprint density at radius 1 is 1.60 bits per heavy atom. The highest BCUT2D eigenvalue weighted by Crippen LogP contribution is 2.09. The van der Waals surface area contributed by atoms with Crippen molar-refractivity contribution in [2.45, 2.75) is 5.88 Å². The van der Waals surface area contributed by atoms with Gasteiger partial charge in [0.25, 0.3) is 0 Å². The lowest BCUT2D eigenvalue weighted by Gasteiger charge is -1.95. The van der Waals surface area contributed by atoms with E-state index < -0.39 is 0 Å². The lowest BCUT2D eigenvalue weighted by Crippen LogP contribution is -1.91. The third-order valence-electron chi connectivity index (χ3n) is 0.998. The molecule has 1 rings (SSSR count). The number of pyridine rings is 1. The van der Waals surface area contributed by atoms with Crippen LogP contribution in [0.2, 0.25) is 0 Å². The van der Waals surface area contributed by atoms with Crippen LogP contribution in [0.1, 0.15) is 5.69 Å².